The number of carbonyl (C=O) groups is 1. The van der Waals surface area contributed by atoms with E-state index >= 15 is 0 Å². The van der Waals surface area contributed by atoms with E-state index in [0.717, 1.165) is 5.56 Å². The molecule has 2 aromatic rings. The second kappa shape index (κ2) is 6.16. The van der Waals surface area contributed by atoms with Crippen molar-refractivity contribution < 1.29 is 14.3 Å². The van der Waals surface area contributed by atoms with E-state index in [1.54, 1.807) is 36.4 Å². The average Bonchev–Trinajstić information content (AvgIpc) is 2.43. The predicted octanol–water partition coefficient (Wildman–Crippen LogP) is 4.88. The van der Waals surface area contributed by atoms with Crippen molar-refractivity contribution in [3.8, 4) is 11.5 Å². The molecule has 0 N–H and O–H groups in total. The third-order valence-corrected chi connectivity index (χ3v) is 3.27. The minimum Gasteiger partial charge on any atom is -0.465 e. The SMILES string of the molecule is COC(=O)c1cc(Oc2ccc(Cl)cc2Cl)ccc1C. The van der Waals surface area contributed by atoms with Gasteiger partial charge in [0.25, 0.3) is 0 Å². The molecule has 0 aliphatic carbocycles. The van der Waals surface area contributed by atoms with Gasteiger partial charge < -0.3 is 9.47 Å². The van der Waals surface area contributed by atoms with Crippen molar-refractivity contribution in [3.63, 3.8) is 0 Å². The molecule has 0 bridgehead atoms. The average molecular weight is 311 g/mol. The van der Waals surface area contributed by atoms with Gasteiger partial charge in [0, 0.05) is 5.02 Å². The maximum Gasteiger partial charge on any atom is 0.338 e. The molecule has 104 valence electrons. The second-order valence-corrected chi connectivity index (χ2v) is 4.99. The molecule has 2 aromatic carbocycles. The molecule has 3 nitrogen and oxygen atoms in total. The highest BCUT2D eigenvalue weighted by atomic mass is 35.5. The van der Waals surface area contributed by atoms with Gasteiger partial charge in [-0.2, -0.15) is 0 Å². The van der Waals surface area contributed by atoms with E-state index < -0.39 is 5.97 Å². The van der Waals surface area contributed by atoms with E-state index in [4.69, 9.17) is 32.7 Å². The Morgan fingerprint density at radius 1 is 1.10 bits per heavy atom. The zero-order valence-corrected chi connectivity index (χ0v) is 12.5. The number of aryl methyl sites for hydroxylation is 1. The Morgan fingerprint density at radius 2 is 1.85 bits per heavy atom. The highest BCUT2D eigenvalue weighted by Gasteiger charge is 2.11. The van der Waals surface area contributed by atoms with Crippen LogP contribution < -0.4 is 4.74 Å². The number of benzene rings is 2. The molecule has 0 atom stereocenters. The van der Waals surface area contributed by atoms with Crippen molar-refractivity contribution in [2.45, 2.75) is 6.92 Å². The fourth-order valence-electron chi connectivity index (χ4n) is 1.68. The molecule has 0 unspecified atom stereocenters. The summed E-state index contributed by atoms with van der Waals surface area (Å²) in [7, 11) is 1.34. The monoisotopic (exact) mass is 310 g/mol. The Kier molecular flexibility index (Phi) is 4.53. The second-order valence-electron chi connectivity index (χ2n) is 4.15. The summed E-state index contributed by atoms with van der Waals surface area (Å²) < 4.78 is 10.4. The Balaban J connectivity index is 2.32. The summed E-state index contributed by atoms with van der Waals surface area (Å²) in [4.78, 5) is 11.6. The molecule has 0 aromatic heterocycles. The van der Waals surface area contributed by atoms with Gasteiger partial charge in [-0.1, -0.05) is 29.3 Å². The maximum atomic E-state index is 11.6. The van der Waals surface area contributed by atoms with E-state index in [0.29, 0.717) is 27.1 Å². The molecular weight excluding hydrogens is 299 g/mol. The number of methoxy groups -OCH3 is 1. The van der Waals surface area contributed by atoms with Gasteiger partial charge in [0.2, 0.25) is 0 Å². The first-order chi connectivity index (χ1) is 9.51. The highest BCUT2D eigenvalue weighted by molar-refractivity contribution is 6.35. The molecule has 0 saturated carbocycles. The van der Waals surface area contributed by atoms with E-state index in [2.05, 4.69) is 0 Å². The Hall–Kier alpha value is -1.71. The number of carbonyl (C=O) groups excluding carboxylic acids is 1. The molecular formula is C15H12Cl2O3. The highest BCUT2D eigenvalue weighted by Crippen LogP contribution is 2.32. The van der Waals surface area contributed by atoms with Crippen LogP contribution >= 0.6 is 23.2 Å². The van der Waals surface area contributed by atoms with Gasteiger partial charge in [0.1, 0.15) is 11.5 Å². The molecule has 0 radical (unpaired) electrons. The molecule has 0 heterocycles. The number of esters is 1. The quantitative estimate of drug-likeness (QED) is 0.758. The Morgan fingerprint density at radius 3 is 2.50 bits per heavy atom. The molecule has 0 aliphatic rings. The summed E-state index contributed by atoms with van der Waals surface area (Å²) in [6, 6.07) is 10.1. The molecule has 0 spiro atoms. The van der Waals surface area contributed by atoms with Gasteiger partial charge in [-0.3, -0.25) is 0 Å². The van der Waals surface area contributed by atoms with Crippen molar-refractivity contribution in [3.05, 3.63) is 57.6 Å². The molecule has 0 fully saturated rings. The Bertz CT molecular complexity index is 654. The molecule has 0 amide bonds. The number of hydrogen-bond acceptors (Lipinski definition) is 3. The van der Waals surface area contributed by atoms with Crippen LogP contribution in [-0.4, -0.2) is 13.1 Å². The predicted molar refractivity (Wildman–Crippen MR) is 79.1 cm³/mol. The largest absolute Gasteiger partial charge is 0.465 e. The maximum absolute atomic E-state index is 11.6. The lowest BCUT2D eigenvalue weighted by molar-refractivity contribution is 0.0599. The fraction of sp³-hybridized carbons (Fsp3) is 0.133. The van der Waals surface area contributed by atoms with Crippen LogP contribution in [0.1, 0.15) is 15.9 Å². The van der Waals surface area contributed by atoms with Crippen LogP contribution in [-0.2, 0) is 4.74 Å². The smallest absolute Gasteiger partial charge is 0.338 e. The van der Waals surface area contributed by atoms with Crippen molar-refractivity contribution in [1.29, 1.82) is 0 Å². The van der Waals surface area contributed by atoms with Crippen LogP contribution in [0, 0.1) is 6.92 Å². The third kappa shape index (κ3) is 3.24. The lowest BCUT2D eigenvalue weighted by Crippen LogP contribution is -2.03. The van der Waals surface area contributed by atoms with Crippen LogP contribution in [0.25, 0.3) is 0 Å². The minimum absolute atomic E-state index is 0.401. The van der Waals surface area contributed by atoms with E-state index in [1.807, 2.05) is 6.92 Å². The normalized spacial score (nSPS) is 10.2. The summed E-state index contributed by atoms with van der Waals surface area (Å²) in [5.41, 5.74) is 1.27. The zero-order valence-electron chi connectivity index (χ0n) is 10.9. The van der Waals surface area contributed by atoms with Crippen LogP contribution in [0.3, 0.4) is 0 Å². The van der Waals surface area contributed by atoms with Gasteiger partial charge in [0.15, 0.2) is 0 Å². The molecule has 0 aliphatic heterocycles. The lowest BCUT2D eigenvalue weighted by Gasteiger charge is -2.10. The first kappa shape index (κ1) is 14.7. The van der Waals surface area contributed by atoms with E-state index in [1.165, 1.54) is 7.11 Å². The summed E-state index contributed by atoms with van der Waals surface area (Å²) in [5.74, 6) is 0.561. The third-order valence-electron chi connectivity index (χ3n) is 2.74. The van der Waals surface area contributed by atoms with Crippen molar-refractivity contribution in [2.24, 2.45) is 0 Å². The first-order valence-corrected chi connectivity index (χ1v) is 6.58. The lowest BCUT2D eigenvalue weighted by atomic mass is 10.1. The van der Waals surface area contributed by atoms with Gasteiger partial charge >= 0.3 is 5.97 Å². The number of hydrogen-bond donors (Lipinski definition) is 0. The summed E-state index contributed by atoms with van der Waals surface area (Å²) >= 11 is 11.9. The fourth-order valence-corrected chi connectivity index (χ4v) is 2.13. The summed E-state index contributed by atoms with van der Waals surface area (Å²) in [5, 5.41) is 0.930. The number of halogens is 2. The first-order valence-electron chi connectivity index (χ1n) is 5.83. The summed E-state index contributed by atoms with van der Waals surface area (Å²) in [6.45, 7) is 1.82. The number of rotatable bonds is 3. The minimum atomic E-state index is -0.407. The number of ether oxygens (including phenoxy) is 2. The van der Waals surface area contributed by atoms with E-state index in [-0.39, 0.29) is 0 Å². The van der Waals surface area contributed by atoms with Crippen molar-refractivity contribution in [2.75, 3.05) is 7.11 Å². The van der Waals surface area contributed by atoms with Gasteiger partial charge in [0.05, 0.1) is 17.7 Å². The van der Waals surface area contributed by atoms with Gasteiger partial charge in [-0.05, 0) is 42.8 Å². The zero-order chi connectivity index (χ0) is 14.7. The molecule has 0 saturated heterocycles. The molecule has 2 rings (SSSR count). The van der Waals surface area contributed by atoms with Crippen LogP contribution in [0.4, 0.5) is 0 Å². The van der Waals surface area contributed by atoms with Crippen LogP contribution in [0.2, 0.25) is 10.0 Å². The van der Waals surface area contributed by atoms with Gasteiger partial charge in [-0.25, -0.2) is 4.79 Å². The topological polar surface area (TPSA) is 35.5 Å². The molecule has 20 heavy (non-hydrogen) atoms. The molecule has 5 heteroatoms. The van der Waals surface area contributed by atoms with E-state index in [9.17, 15) is 4.79 Å². The van der Waals surface area contributed by atoms with Crippen molar-refractivity contribution in [1.82, 2.24) is 0 Å². The van der Waals surface area contributed by atoms with Gasteiger partial charge in [-0.15, -0.1) is 0 Å². The van der Waals surface area contributed by atoms with Crippen LogP contribution in [0.15, 0.2) is 36.4 Å². The standard InChI is InChI=1S/C15H12Cl2O3/c1-9-3-5-11(8-12(9)15(18)19-2)20-14-6-4-10(16)7-13(14)17/h3-8H,1-2H3. The summed E-state index contributed by atoms with van der Waals surface area (Å²) in [6.07, 6.45) is 0. The van der Waals surface area contributed by atoms with Crippen molar-refractivity contribution >= 4 is 29.2 Å². The van der Waals surface area contributed by atoms with Crippen LogP contribution in [0.5, 0.6) is 11.5 Å². The Labute approximate surface area is 127 Å².